The smallest absolute Gasteiger partial charge is 0.477 e. The molecule has 21 heteroatoms. The Bertz CT molecular complexity index is 1260. The van der Waals surface area contributed by atoms with Gasteiger partial charge < -0.3 is 20.1 Å². The number of hydrogen-bond donors (Lipinski definition) is 3. The predicted molar refractivity (Wildman–Crippen MR) is 147 cm³/mol. The quantitative estimate of drug-likeness (QED) is 0.356. The summed E-state index contributed by atoms with van der Waals surface area (Å²) in [6, 6.07) is 6.26. The molecule has 0 aromatic carbocycles. The minimum atomic E-state index is -5.08. The average molecular weight is 712 g/mol. The van der Waals surface area contributed by atoms with E-state index in [-0.39, 0.29) is 0 Å². The van der Waals surface area contributed by atoms with Crippen molar-refractivity contribution in [3.63, 3.8) is 0 Å². The zero-order chi connectivity index (χ0) is 37.1. The molecule has 0 aliphatic carbocycles. The number of alkyl halides is 9. The van der Waals surface area contributed by atoms with E-state index in [0.717, 1.165) is 38.7 Å². The third-order valence-electron chi connectivity index (χ3n) is 6.81. The van der Waals surface area contributed by atoms with E-state index in [1.54, 1.807) is 6.20 Å². The minimum Gasteiger partial charge on any atom is -0.477 e. The van der Waals surface area contributed by atoms with Crippen LogP contribution in [0.25, 0.3) is 0 Å². The van der Waals surface area contributed by atoms with Crippen molar-refractivity contribution in [3.05, 3.63) is 42.4 Å². The first-order chi connectivity index (χ1) is 21.9. The molecule has 0 bridgehead atoms. The number of likely N-dealkylation sites (N-methyl/N-ethyl adjacent to an activating group) is 1. The molecular formula is C27H34F9N5O7. The number of carbonyl (C=O) groups is 3. The van der Waals surface area contributed by atoms with E-state index in [0.29, 0.717) is 17.5 Å². The molecule has 48 heavy (non-hydrogen) atoms. The van der Waals surface area contributed by atoms with Crippen LogP contribution in [0.5, 0.6) is 5.88 Å². The Labute approximate surface area is 267 Å². The van der Waals surface area contributed by atoms with Crippen LogP contribution in [0, 0.1) is 5.92 Å². The normalized spacial score (nSPS) is 17.8. The summed E-state index contributed by atoms with van der Waals surface area (Å²) < 4.78 is 103. The monoisotopic (exact) mass is 711 g/mol. The van der Waals surface area contributed by atoms with Crippen LogP contribution in [0.1, 0.15) is 38.3 Å². The topological polar surface area (TPSA) is 158 Å². The van der Waals surface area contributed by atoms with Crippen LogP contribution in [0.3, 0.4) is 0 Å². The first-order valence-electron chi connectivity index (χ1n) is 13.8. The Morgan fingerprint density at radius 3 is 1.83 bits per heavy atom. The van der Waals surface area contributed by atoms with Crippen molar-refractivity contribution in [1.29, 1.82) is 0 Å². The van der Waals surface area contributed by atoms with Gasteiger partial charge in [0, 0.05) is 55.2 Å². The third-order valence-corrected chi connectivity index (χ3v) is 6.81. The Morgan fingerprint density at radius 2 is 1.44 bits per heavy atom. The Morgan fingerprint density at radius 1 is 0.938 bits per heavy atom. The zero-order valence-electron chi connectivity index (χ0n) is 25.7. The van der Waals surface area contributed by atoms with Crippen LogP contribution >= 0.6 is 0 Å². The summed E-state index contributed by atoms with van der Waals surface area (Å²) in [6.07, 6.45) is -6.86. The fraction of sp³-hybridized carbons (Fsp3) is 0.593. The minimum absolute atomic E-state index is 0.310. The second-order valence-electron chi connectivity index (χ2n) is 11.0. The number of carboxylic acid groups (broad SMARTS) is 3. The number of hydrogen-bond acceptors (Lipinski definition) is 8. The Kier molecular flexibility index (Phi) is 15.1. The highest BCUT2D eigenvalue weighted by molar-refractivity contribution is 5.73. The standard InChI is InChI=1S/C21H31N5O.3C2HF3O2/c1-17(2)26-13-19(11-23-26)12-25-15-21(16-25)10-18(7-9-24(21)3)14-27-20-6-4-5-8-22-20;3*3-2(4,5)1(6)7/h4-6,8,11,13,17-18H,7,9-10,12,14-16H2,1-3H3;3*(H,6,7). The number of ether oxygens (including phenoxy) is 1. The molecular weight excluding hydrogens is 677 g/mol. The van der Waals surface area contributed by atoms with Gasteiger partial charge in [-0.3, -0.25) is 14.5 Å². The molecule has 4 heterocycles. The van der Waals surface area contributed by atoms with Gasteiger partial charge in [0.1, 0.15) is 0 Å². The molecule has 2 aromatic rings. The number of piperidine rings is 1. The second kappa shape index (κ2) is 17.3. The Hall–Kier alpha value is -4.14. The lowest BCUT2D eigenvalue weighted by molar-refractivity contribution is -0.193. The van der Waals surface area contributed by atoms with Crippen molar-refractivity contribution in [2.45, 2.75) is 63.3 Å². The molecule has 272 valence electrons. The van der Waals surface area contributed by atoms with Crippen LogP contribution in [0.2, 0.25) is 0 Å². The van der Waals surface area contributed by atoms with Crippen molar-refractivity contribution < 1.29 is 74.0 Å². The van der Waals surface area contributed by atoms with Gasteiger partial charge in [-0.1, -0.05) is 6.07 Å². The van der Waals surface area contributed by atoms with Crippen molar-refractivity contribution in [2.75, 3.05) is 33.3 Å². The third kappa shape index (κ3) is 14.3. The molecule has 2 fully saturated rings. The van der Waals surface area contributed by atoms with Gasteiger partial charge in [-0.25, -0.2) is 19.4 Å². The number of halogens is 9. The van der Waals surface area contributed by atoms with Crippen LogP contribution in [0.15, 0.2) is 36.8 Å². The molecule has 0 radical (unpaired) electrons. The lowest BCUT2D eigenvalue weighted by Crippen LogP contribution is -2.71. The predicted octanol–water partition coefficient (Wildman–Crippen LogP) is 4.73. The molecule has 2 aliphatic rings. The van der Waals surface area contributed by atoms with Gasteiger partial charge in [0.15, 0.2) is 0 Å². The van der Waals surface area contributed by atoms with Gasteiger partial charge >= 0.3 is 36.4 Å². The second-order valence-corrected chi connectivity index (χ2v) is 11.0. The molecule has 1 unspecified atom stereocenters. The van der Waals surface area contributed by atoms with Crippen molar-refractivity contribution in [3.8, 4) is 5.88 Å². The van der Waals surface area contributed by atoms with Crippen LogP contribution in [-0.4, -0.2) is 115 Å². The van der Waals surface area contributed by atoms with Gasteiger partial charge in [-0.05, 0) is 52.3 Å². The van der Waals surface area contributed by atoms with Crippen molar-refractivity contribution >= 4 is 17.9 Å². The average Bonchev–Trinajstić information content (AvgIpc) is 3.42. The zero-order valence-corrected chi connectivity index (χ0v) is 25.7. The number of aromatic nitrogens is 3. The van der Waals surface area contributed by atoms with E-state index in [1.165, 1.54) is 18.4 Å². The van der Waals surface area contributed by atoms with E-state index in [4.69, 9.17) is 34.4 Å². The van der Waals surface area contributed by atoms with Crippen LogP contribution in [-0.2, 0) is 20.9 Å². The highest BCUT2D eigenvalue weighted by Crippen LogP contribution is 2.39. The number of likely N-dealkylation sites (tertiary alicyclic amines) is 2. The molecule has 4 rings (SSSR count). The molecule has 0 amide bonds. The first-order valence-corrected chi connectivity index (χ1v) is 13.8. The summed E-state index contributed by atoms with van der Waals surface area (Å²) in [4.78, 5) is 36.1. The summed E-state index contributed by atoms with van der Waals surface area (Å²) in [6.45, 7) is 9.52. The fourth-order valence-corrected chi connectivity index (χ4v) is 4.45. The summed E-state index contributed by atoms with van der Waals surface area (Å²) >= 11 is 0. The van der Waals surface area contributed by atoms with Crippen molar-refractivity contribution in [2.24, 2.45) is 5.92 Å². The maximum absolute atomic E-state index is 10.6. The van der Waals surface area contributed by atoms with E-state index in [9.17, 15) is 39.5 Å². The first kappa shape index (κ1) is 41.9. The lowest BCUT2D eigenvalue weighted by atomic mass is 9.75. The maximum atomic E-state index is 10.6. The van der Waals surface area contributed by atoms with Gasteiger partial charge in [-0.2, -0.15) is 44.6 Å². The number of carboxylic acids is 3. The van der Waals surface area contributed by atoms with Gasteiger partial charge in [0.05, 0.1) is 12.8 Å². The van der Waals surface area contributed by atoms with Crippen molar-refractivity contribution in [1.82, 2.24) is 24.6 Å². The maximum Gasteiger partial charge on any atom is 0.490 e. The molecule has 12 nitrogen and oxygen atoms in total. The summed E-state index contributed by atoms with van der Waals surface area (Å²) in [7, 11) is 2.28. The highest BCUT2D eigenvalue weighted by Gasteiger charge is 2.49. The van der Waals surface area contributed by atoms with E-state index in [1.807, 2.05) is 29.1 Å². The molecule has 0 saturated carbocycles. The molecule has 3 N–H and O–H groups in total. The van der Waals surface area contributed by atoms with E-state index >= 15 is 0 Å². The number of nitrogens with zero attached hydrogens (tertiary/aromatic N) is 5. The van der Waals surface area contributed by atoms with E-state index < -0.39 is 36.4 Å². The van der Waals surface area contributed by atoms with Gasteiger partial charge in [0.25, 0.3) is 0 Å². The molecule has 1 spiro atoms. The van der Waals surface area contributed by atoms with Crippen LogP contribution < -0.4 is 4.74 Å². The summed E-state index contributed by atoms with van der Waals surface area (Å²) in [5.74, 6) is -6.93. The lowest BCUT2D eigenvalue weighted by Gasteiger charge is -2.58. The molecule has 2 saturated heterocycles. The summed E-state index contributed by atoms with van der Waals surface area (Å²) in [5.41, 5.74) is 1.62. The Balaban J connectivity index is 0.000000448. The summed E-state index contributed by atoms with van der Waals surface area (Å²) in [5, 5.41) is 25.8. The SMILES string of the molecule is CC(C)n1cc(CN2CC3(CC(COc4ccccn4)CCN3C)C2)cn1.O=C(O)C(F)(F)F.O=C(O)C(F)(F)F.O=C(O)C(F)(F)F. The number of rotatable bonds is 6. The number of pyridine rings is 1. The number of aliphatic carboxylic acids is 3. The molecule has 1 atom stereocenters. The van der Waals surface area contributed by atoms with Gasteiger partial charge in [0.2, 0.25) is 5.88 Å². The van der Waals surface area contributed by atoms with E-state index in [2.05, 4.69) is 47.0 Å². The molecule has 2 aromatic heterocycles. The fourth-order valence-electron chi connectivity index (χ4n) is 4.45. The largest absolute Gasteiger partial charge is 0.490 e. The highest BCUT2D eigenvalue weighted by atomic mass is 19.4. The van der Waals surface area contributed by atoms with Crippen LogP contribution in [0.4, 0.5) is 39.5 Å². The van der Waals surface area contributed by atoms with Gasteiger partial charge in [-0.15, -0.1) is 0 Å². The molecule has 2 aliphatic heterocycles.